The van der Waals surface area contributed by atoms with Crippen molar-refractivity contribution < 1.29 is 17.6 Å². The minimum absolute atomic E-state index is 0.176. The lowest BCUT2D eigenvalue weighted by Crippen LogP contribution is -2.08. The molecule has 0 aliphatic heterocycles. The highest BCUT2D eigenvalue weighted by Crippen LogP contribution is 2.37. The molecular formula is C13H12F4N2S. The molecule has 1 aromatic carbocycles. The van der Waals surface area contributed by atoms with Crippen molar-refractivity contribution in [3.63, 3.8) is 0 Å². The van der Waals surface area contributed by atoms with Crippen LogP contribution in [0.2, 0.25) is 0 Å². The van der Waals surface area contributed by atoms with E-state index in [1.165, 1.54) is 17.4 Å². The molecule has 0 saturated carbocycles. The summed E-state index contributed by atoms with van der Waals surface area (Å²) in [5.41, 5.74) is 4.93. The van der Waals surface area contributed by atoms with Gasteiger partial charge in [0.2, 0.25) is 0 Å². The minimum atomic E-state index is -4.74. The van der Waals surface area contributed by atoms with Gasteiger partial charge in [0.05, 0.1) is 10.6 Å². The fourth-order valence-electron chi connectivity index (χ4n) is 1.80. The number of anilines is 1. The van der Waals surface area contributed by atoms with E-state index < -0.39 is 17.6 Å². The van der Waals surface area contributed by atoms with Crippen LogP contribution in [-0.4, -0.2) is 4.98 Å². The van der Waals surface area contributed by atoms with Crippen LogP contribution in [-0.2, 0) is 12.6 Å². The van der Waals surface area contributed by atoms with Crippen LogP contribution in [0.1, 0.15) is 23.9 Å². The first-order chi connectivity index (χ1) is 9.32. The largest absolute Gasteiger partial charge is 0.419 e. The SMILES string of the molecule is CCCc1nc(-c2ccc(F)c(C(F)(F)F)c2)c(N)s1. The van der Waals surface area contributed by atoms with Gasteiger partial charge in [-0.1, -0.05) is 6.92 Å². The van der Waals surface area contributed by atoms with Crippen LogP contribution in [0.3, 0.4) is 0 Å². The predicted octanol–water partition coefficient (Wildman–Crippen LogP) is 4.50. The average Bonchev–Trinajstić information content (AvgIpc) is 2.70. The maximum Gasteiger partial charge on any atom is 0.419 e. The Balaban J connectivity index is 2.48. The molecule has 1 heterocycles. The quantitative estimate of drug-likeness (QED) is 0.848. The zero-order valence-electron chi connectivity index (χ0n) is 10.6. The molecule has 0 atom stereocenters. The van der Waals surface area contributed by atoms with E-state index in [0.717, 1.165) is 23.6 Å². The van der Waals surface area contributed by atoms with Gasteiger partial charge in [-0.2, -0.15) is 13.2 Å². The van der Waals surface area contributed by atoms with E-state index in [0.29, 0.717) is 11.4 Å². The van der Waals surface area contributed by atoms with E-state index in [9.17, 15) is 17.6 Å². The lowest BCUT2D eigenvalue weighted by Gasteiger charge is -2.09. The molecule has 0 amide bonds. The van der Waals surface area contributed by atoms with Crippen molar-refractivity contribution in [1.29, 1.82) is 0 Å². The Kier molecular flexibility index (Phi) is 3.99. The molecule has 2 aromatic rings. The summed E-state index contributed by atoms with van der Waals surface area (Å²) >= 11 is 1.24. The van der Waals surface area contributed by atoms with Crippen LogP contribution in [0.4, 0.5) is 22.6 Å². The van der Waals surface area contributed by atoms with Gasteiger partial charge < -0.3 is 5.73 Å². The number of nitrogens with two attached hydrogens (primary N) is 1. The van der Waals surface area contributed by atoms with Crippen LogP contribution < -0.4 is 5.73 Å². The number of nitrogens with zero attached hydrogens (tertiary/aromatic N) is 1. The minimum Gasteiger partial charge on any atom is -0.389 e. The number of benzene rings is 1. The van der Waals surface area contributed by atoms with E-state index in [1.807, 2.05) is 6.92 Å². The summed E-state index contributed by atoms with van der Waals surface area (Å²) in [6, 6.07) is 2.79. The number of aryl methyl sites for hydroxylation is 1. The Morgan fingerprint density at radius 1 is 1.30 bits per heavy atom. The zero-order chi connectivity index (χ0) is 14.9. The molecule has 20 heavy (non-hydrogen) atoms. The summed E-state index contributed by atoms with van der Waals surface area (Å²) in [6.45, 7) is 1.97. The van der Waals surface area contributed by atoms with Crippen LogP contribution in [0.5, 0.6) is 0 Å². The monoisotopic (exact) mass is 304 g/mol. The van der Waals surface area contributed by atoms with Gasteiger partial charge in [-0.15, -0.1) is 11.3 Å². The molecule has 7 heteroatoms. The van der Waals surface area contributed by atoms with Gasteiger partial charge in [0.1, 0.15) is 16.5 Å². The molecule has 0 bridgehead atoms. The van der Waals surface area contributed by atoms with E-state index in [1.54, 1.807) is 0 Å². The lowest BCUT2D eigenvalue weighted by molar-refractivity contribution is -0.139. The molecule has 2 nitrogen and oxygen atoms in total. The third-order valence-electron chi connectivity index (χ3n) is 2.71. The summed E-state index contributed by atoms with van der Waals surface area (Å²) in [6.07, 6.45) is -3.16. The second kappa shape index (κ2) is 5.40. The standard InChI is InChI=1S/C13H12F4N2S/c1-2-3-10-19-11(12(18)20-10)7-4-5-9(14)8(6-7)13(15,16)17/h4-6H,2-3,18H2,1H3. The maximum absolute atomic E-state index is 13.2. The predicted molar refractivity (Wildman–Crippen MR) is 70.9 cm³/mol. The van der Waals surface area contributed by atoms with Crippen LogP contribution in [0.25, 0.3) is 11.3 Å². The summed E-state index contributed by atoms with van der Waals surface area (Å²) in [5.74, 6) is -1.30. The molecule has 2 N–H and O–H groups in total. The Hall–Kier alpha value is -1.63. The van der Waals surface area contributed by atoms with Crippen molar-refractivity contribution in [3.05, 3.63) is 34.6 Å². The van der Waals surface area contributed by atoms with Crippen molar-refractivity contribution in [2.24, 2.45) is 0 Å². The summed E-state index contributed by atoms with van der Waals surface area (Å²) < 4.78 is 51.3. The van der Waals surface area contributed by atoms with Crippen molar-refractivity contribution in [3.8, 4) is 11.3 Å². The molecule has 2 rings (SSSR count). The van der Waals surface area contributed by atoms with Gasteiger partial charge in [0, 0.05) is 5.56 Å². The Bertz CT molecular complexity index is 619. The number of nitrogen functional groups attached to an aromatic ring is 1. The Labute approximate surface area is 117 Å². The van der Waals surface area contributed by atoms with E-state index in [4.69, 9.17) is 5.73 Å². The van der Waals surface area contributed by atoms with E-state index in [2.05, 4.69) is 4.98 Å². The van der Waals surface area contributed by atoms with Gasteiger partial charge >= 0.3 is 6.18 Å². The fraction of sp³-hybridized carbons (Fsp3) is 0.308. The number of hydrogen-bond acceptors (Lipinski definition) is 3. The molecule has 0 radical (unpaired) electrons. The third-order valence-corrected chi connectivity index (χ3v) is 3.65. The first kappa shape index (κ1) is 14.8. The van der Waals surface area contributed by atoms with Gasteiger partial charge in [0.15, 0.2) is 0 Å². The highest BCUT2D eigenvalue weighted by atomic mass is 32.1. The lowest BCUT2D eigenvalue weighted by atomic mass is 10.1. The highest BCUT2D eigenvalue weighted by molar-refractivity contribution is 7.16. The zero-order valence-corrected chi connectivity index (χ0v) is 11.4. The first-order valence-corrected chi connectivity index (χ1v) is 6.77. The number of alkyl halides is 3. The van der Waals surface area contributed by atoms with E-state index >= 15 is 0 Å². The molecule has 0 aliphatic carbocycles. The normalized spacial score (nSPS) is 11.8. The van der Waals surface area contributed by atoms with Gasteiger partial charge in [-0.25, -0.2) is 9.37 Å². The molecule has 0 aliphatic rings. The van der Waals surface area contributed by atoms with E-state index in [-0.39, 0.29) is 11.3 Å². The first-order valence-electron chi connectivity index (χ1n) is 5.95. The summed E-state index contributed by atoms with van der Waals surface area (Å²) in [5, 5.41) is 1.10. The third kappa shape index (κ3) is 2.92. The molecule has 0 unspecified atom stereocenters. The molecule has 108 valence electrons. The second-order valence-corrected chi connectivity index (χ2v) is 5.38. The summed E-state index contributed by atoms with van der Waals surface area (Å²) in [7, 11) is 0. The molecule has 1 aromatic heterocycles. The van der Waals surface area contributed by atoms with Crippen molar-refractivity contribution in [1.82, 2.24) is 4.98 Å². The summed E-state index contributed by atoms with van der Waals surface area (Å²) in [4.78, 5) is 4.23. The van der Waals surface area contributed by atoms with Crippen molar-refractivity contribution in [2.45, 2.75) is 25.9 Å². The number of rotatable bonds is 3. The van der Waals surface area contributed by atoms with Gasteiger partial charge in [-0.3, -0.25) is 0 Å². The van der Waals surface area contributed by atoms with Crippen LogP contribution in [0.15, 0.2) is 18.2 Å². The van der Waals surface area contributed by atoms with Crippen LogP contribution >= 0.6 is 11.3 Å². The smallest absolute Gasteiger partial charge is 0.389 e. The Morgan fingerprint density at radius 3 is 2.60 bits per heavy atom. The number of hydrogen-bond donors (Lipinski definition) is 1. The molecule has 0 saturated heterocycles. The van der Waals surface area contributed by atoms with Crippen LogP contribution in [0, 0.1) is 5.82 Å². The molecule has 0 fully saturated rings. The molecular weight excluding hydrogens is 292 g/mol. The average molecular weight is 304 g/mol. The Morgan fingerprint density at radius 2 is 2.00 bits per heavy atom. The highest BCUT2D eigenvalue weighted by Gasteiger charge is 2.34. The maximum atomic E-state index is 13.2. The second-order valence-electron chi connectivity index (χ2n) is 4.26. The number of thiazole rings is 1. The van der Waals surface area contributed by atoms with Gasteiger partial charge in [0.25, 0.3) is 0 Å². The molecule has 0 spiro atoms. The van der Waals surface area contributed by atoms with Crippen molar-refractivity contribution in [2.75, 3.05) is 5.73 Å². The topological polar surface area (TPSA) is 38.9 Å². The number of aromatic nitrogens is 1. The van der Waals surface area contributed by atoms with Gasteiger partial charge in [-0.05, 0) is 31.0 Å². The fourth-order valence-corrected chi connectivity index (χ4v) is 2.75. The number of halogens is 4. The van der Waals surface area contributed by atoms with Crippen molar-refractivity contribution >= 4 is 16.3 Å².